The van der Waals surface area contributed by atoms with Gasteiger partial charge < -0.3 is 5.73 Å². The maximum atomic E-state index is 6.12. The molecule has 1 fully saturated rings. The van der Waals surface area contributed by atoms with E-state index in [4.69, 9.17) is 17.3 Å². The molecule has 0 radical (unpaired) electrons. The van der Waals surface area contributed by atoms with Gasteiger partial charge in [-0.3, -0.25) is 4.98 Å². The number of nitrogens with zero attached hydrogens (tertiary/aromatic N) is 1. The monoisotopic (exact) mass is 224 g/mol. The first-order valence-corrected chi connectivity index (χ1v) is 5.92. The smallest absolute Gasteiger partial charge is 0.0621 e. The van der Waals surface area contributed by atoms with Gasteiger partial charge >= 0.3 is 0 Å². The summed E-state index contributed by atoms with van der Waals surface area (Å²) in [6.45, 7) is 0.769. The molecular weight excluding hydrogens is 208 g/mol. The summed E-state index contributed by atoms with van der Waals surface area (Å²) in [5, 5.41) is 0.775. The van der Waals surface area contributed by atoms with Crippen molar-refractivity contribution in [2.75, 3.05) is 6.54 Å². The molecule has 3 heteroatoms. The van der Waals surface area contributed by atoms with Crippen LogP contribution in [0.4, 0.5) is 0 Å². The highest BCUT2D eigenvalue weighted by atomic mass is 35.5. The number of pyridine rings is 1. The number of hydrogen-bond acceptors (Lipinski definition) is 2. The summed E-state index contributed by atoms with van der Waals surface area (Å²) in [4.78, 5) is 4.00. The second-order valence-corrected chi connectivity index (χ2v) is 4.96. The lowest BCUT2D eigenvalue weighted by Crippen LogP contribution is -2.29. The lowest BCUT2D eigenvalue weighted by Gasteiger charge is -2.27. The van der Waals surface area contributed by atoms with Gasteiger partial charge in [0.05, 0.1) is 5.02 Å². The van der Waals surface area contributed by atoms with E-state index in [-0.39, 0.29) is 0 Å². The zero-order chi connectivity index (χ0) is 10.7. The molecule has 0 aromatic carbocycles. The molecular formula is C12H17ClN2. The van der Waals surface area contributed by atoms with Crippen molar-refractivity contribution < 1.29 is 0 Å². The number of rotatable bonds is 3. The molecule has 0 saturated heterocycles. The summed E-state index contributed by atoms with van der Waals surface area (Å²) < 4.78 is 0. The lowest BCUT2D eigenvalue weighted by molar-refractivity contribution is 0.306. The van der Waals surface area contributed by atoms with E-state index in [1.54, 1.807) is 12.4 Å². The van der Waals surface area contributed by atoms with Gasteiger partial charge in [-0.2, -0.15) is 0 Å². The van der Waals surface area contributed by atoms with Crippen LogP contribution in [-0.2, 0) is 6.42 Å². The van der Waals surface area contributed by atoms with Gasteiger partial charge in [-0.15, -0.1) is 0 Å². The highest BCUT2D eigenvalue weighted by Crippen LogP contribution is 2.40. The fraction of sp³-hybridized carbons (Fsp3) is 0.583. The Balaban J connectivity index is 2.16. The van der Waals surface area contributed by atoms with E-state index in [0.29, 0.717) is 5.41 Å². The summed E-state index contributed by atoms with van der Waals surface area (Å²) >= 11 is 6.12. The van der Waals surface area contributed by atoms with E-state index < -0.39 is 0 Å². The molecule has 1 heterocycles. The molecule has 0 unspecified atom stereocenters. The Labute approximate surface area is 95.8 Å². The van der Waals surface area contributed by atoms with Crippen molar-refractivity contribution in [3.05, 3.63) is 29.0 Å². The fourth-order valence-electron chi connectivity index (χ4n) is 2.53. The van der Waals surface area contributed by atoms with Gasteiger partial charge in [0.1, 0.15) is 0 Å². The zero-order valence-electron chi connectivity index (χ0n) is 8.88. The maximum absolute atomic E-state index is 6.12. The third-order valence-corrected chi connectivity index (χ3v) is 3.86. The topological polar surface area (TPSA) is 38.9 Å². The van der Waals surface area contributed by atoms with Crippen LogP contribution in [0.5, 0.6) is 0 Å². The summed E-state index contributed by atoms with van der Waals surface area (Å²) in [7, 11) is 0. The third kappa shape index (κ3) is 2.32. The zero-order valence-corrected chi connectivity index (χ0v) is 9.63. The van der Waals surface area contributed by atoms with Crippen molar-refractivity contribution in [1.82, 2.24) is 4.98 Å². The molecule has 0 amide bonds. The molecule has 2 nitrogen and oxygen atoms in total. The molecule has 1 aliphatic rings. The predicted octanol–water partition coefficient (Wildman–Crippen LogP) is 2.80. The van der Waals surface area contributed by atoms with Crippen molar-refractivity contribution in [1.29, 1.82) is 0 Å². The van der Waals surface area contributed by atoms with E-state index in [9.17, 15) is 0 Å². The molecule has 1 aliphatic carbocycles. The third-order valence-electron chi connectivity index (χ3n) is 3.52. The minimum atomic E-state index is 0.297. The van der Waals surface area contributed by atoms with Crippen molar-refractivity contribution in [3.8, 4) is 0 Å². The van der Waals surface area contributed by atoms with E-state index >= 15 is 0 Å². The van der Waals surface area contributed by atoms with Crippen molar-refractivity contribution in [3.63, 3.8) is 0 Å². The van der Waals surface area contributed by atoms with E-state index in [0.717, 1.165) is 18.0 Å². The van der Waals surface area contributed by atoms with E-state index in [1.165, 1.54) is 31.2 Å². The number of hydrogen-bond donors (Lipinski definition) is 1. The van der Waals surface area contributed by atoms with Crippen LogP contribution in [-0.4, -0.2) is 11.5 Å². The van der Waals surface area contributed by atoms with E-state index in [2.05, 4.69) is 4.98 Å². The lowest BCUT2D eigenvalue weighted by atomic mass is 9.80. The van der Waals surface area contributed by atoms with Crippen molar-refractivity contribution in [2.45, 2.75) is 32.1 Å². The number of halogens is 1. The Kier molecular flexibility index (Phi) is 3.27. The van der Waals surface area contributed by atoms with E-state index in [1.807, 2.05) is 6.07 Å². The van der Waals surface area contributed by atoms with Gasteiger partial charge in [-0.05, 0) is 42.9 Å². The Morgan fingerprint density at radius 1 is 1.40 bits per heavy atom. The Morgan fingerprint density at radius 2 is 2.13 bits per heavy atom. The van der Waals surface area contributed by atoms with Gasteiger partial charge in [-0.25, -0.2) is 0 Å². The predicted molar refractivity (Wildman–Crippen MR) is 62.9 cm³/mol. The second kappa shape index (κ2) is 4.50. The quantitative estimate of drug-likeness (QED) is 0.858. The number of aromatic nitrogens is 1. The molecule has 0 bridgehead atoms. The average Bonchev–Trinajstić information content (AvgIpc) is 2.71. The summed E-state index contributed by atoms with van der Waals surface area (Å²) in [6, 6.07) is 2.01. The first-order valence-electron chi connectivity index (χ1n) is 5.54. The van der Waals surface area contributed by atoms with Crippen molar-refractivity contribution in [2.24, 2.45) is 11.1 Å². The molecule has 0 aliphatic heterocycles. The second-order valence-electron chi connectivity index (χ2n) is 4.56. The maximum Gasteiger partial charge on any atom is 0.0621 e. The summed E-state index contributed by atoms with van der Waals surface area (Å²) in [6.07, 6.45) is 9.62. The standard InChI is InChI=1S/C12H17ClN2/c13-11-8-15-6-3-10(11)7-12(9-14)4-1-2-5-12/h3,6,8H,1-2,4-5,7,9,14H2. The molecule has 15 heavy (non-hydrogen) atoms. The number of nitrogens with two attached hydrogens (primary N) is 1. The minimum absolute atomic E-state index is 0.297. The largest absolute Gasteiger partial charge is 0.330 e. The molecule has 0 spiro atoms. The first-order chi connectivity index (χ1) is 7.26. The average molecular weight is 225 g/mol. The van der Waals surface area contributed by atoms with Gasteiger partial charge in [0.15, 0.2) is 0 Å². The molecule has 1 aromatic rings. The fourth-order valence-corrected chi connectivity index (χ4v) is 2.72. The summed E-state index contributed by atoms with van der Waals surface area (Å²) in [5.41, 5.74) is 7.40. The highest BCUT2D eigenvalue weighted by Gasteiger charge is 2.32. The minimum Gasteiger partial charge on any atom is -0.330 e. The van der Waals surface area contributed by atoms with Gasteiger partial charge in [0.2, 0.25) is 0 Å². The highest BCUT2D eigenvalue weighted by molar-refractivity contribution is 6.31. The van der Waals surface area contributed by atoms with Gasteiger partial charge in [0.25, 0.3) is 0 Å². The molecule has 2 rings (SSSR count). The van der Waals surface area contributed by atoms with Crippen LogP contribution in [0, 0.1) is 5.41 Å². The van der Waals surface area contributed by atoms with Gasteiger partial charge in [0, 0.05) is 12.4 Å². The summed E-state index contributed by atoms with van der Waals surface area (Å²) in [5.74, 6) is 0. The SMILES string of the molecule is NCC1(Cc2ccncc2Cl)CCCC1. The first kappa shape index (κ1) is 10.9. The van der Waals surface area contributed by atoms with Crippen LogP contribution in [0.25, 0.3) is 0 Å². The van der Waals surface area contributed by atoms with Crippen molar-refractivity contribution >= 4 is 11.6 Å². The van der Waals surface area contributed by atoms with Crippen LogP contribution in [0.15, 0.2) is 18.5 Å². The molecule has 1 saturated carbocycles. The molecule has 0 atom stereocenters. The van der Waals surface area contributed by atoms with Crippen LogP contribution in [0.3, 0.4) is 0 Å². The van der Waals surface area contributed by atoms with Crippen LogP contribution < -0.4 is 5.73 Å². The molecule has 2 N–H and O–H groups in total. The normalized spacial score (nSPS) is 19.3. The molecule has 82 valence electrons. The van der Waals surface area contributed by atoms with Gasteiger partial charge in [-0.1, -0.05) is 24.4 Å². The van der Waals surface area contributed by atoms with Crippen LogP contribution in [0.1, 0.15) is 31.2 Å². The Hall–Kier alpha value is -0.600. The van der Waals surface area contributed by atoms with Crippen LogP contribution >= 0.6 is 11.6 Å². The van der Waals surface area contributed by atoms with Crippen LogP contribution in [0.2, 0.25) is 5.02 Å². The Bertz CT molecular complexity index is 332. The Morgan fingerprint density at radius 3 is 2.73 bits per heavy atom. The molecule has 1 aromatic heterocycles.